The van der Waals surface area contributed by atoms with E-state index in [9.17, 15) is 4.79 Å². The predicted molar refractivity (Wildman–Crippen MR) is 106 cm³/mol. The van der Waals surface area contributed by atoms with Crippen LogP contribution in [-0.2, 0) is 6.54 Å². The number of aromatic nitrogens is 2. The van der Waals surface area contributed by atoms with Crippen LogP contribution in [0.5, 0.6) is 5.75 Å². The van der Waals surface area contributed by atoms with E-state index < -0.39 is 0 Å². The van der Waals surface area contributed by atoms with Crippen LogP contribution in [0.3, 0.4) is 0 Å². The summed E-state index contributed by atoms with van der Waals surface area (Å²) in [5.74, 6) is 0.804. The standard InChI is InChI=1S/C21H18N2O2S/c1-15-7-9-17(10-8-15)25-12-11-23-14-22-20-19(21(23)24)18(13-26-20)16-5-3-2-4-6-16/h2-10,13-14H,11-12H2,1H3. The first kappa shape index (κ1) is 16.5. The van der Waals surface area contributed by atoms with Gasteiger partial charge in [0.05, 0.1) is 18.3 Å². The van der Waals surface area contributed by atoms with Crippen LogP contribution in [0.2, 0.25) is 0 Å². The van der Waals surface area contributed by atoms with Crippen molar-refractivity contribution in [2.24, 2.45) is 0 Å². The van der Waals surface area contributed by atoms with E-state index >= 15 is 0 Å². The minimum atomic E-state index is -0.0254. The fraction of sp³-hybridized carbons (Fsp3) is 0.143. The van der Waals surface area contributed by atoms with Gasteiger partial charge in [0.15, 0.2) is 0 Å². The molecule has 0 aliphatic heterocycles. The Hall–Kier alpha value is -2.92. The minimum absolute atomic E-state index is 0.0254. The molecule has 0 amide bonds. The zero-order chi connectivity index (χ0) is 17.9. The highest BCUT2D eigenvalue weighted by atomic mass is 32.1. The lowest BCUT2D eigenvalue weighted by Gasteiger charge is -2.09. The maximum atomic E-state index is 12.9. The number of ether oxygens (including phenoxy) is 1. The fourth-order valence-corrected chi connectivity index (χ4v) is 3.76. The average molecular weight is 362 g/mol. The molecule has 2 heterocycles. The Balaban J connectivity index is 1.59. The topological polar surface area (TPSA) is 44.1 Å². The molecular weight excluding hydrogens is 344 g/mol. The van der Waals surface area contributed by atoms with E-state index in [2.05, 4.69) is 4.98 Å². The lowest BCUT2D eigenvalue weighted by Crippen LogP contribution is -2.23. The molecule has 0 radical (unpaired) electrons. The van der Waals surface area contributed by atoms with Crippen molar-refractivity contribution in [2.75, 3.05) is 6.61 Å². The second-order valence-corrected chi connectivity index (χ2v) is 6.96. The Morgan fingerprint density at radius 3 is 2.62 bits per heavy atom. The Morgan fingerprint density at radius 1 is 1.08 bits per heavy atom. The van der Waals surface area contributed by atoms with Gasteiger partial charge in [0.25, 0.3) is 5.56 Å². The van der Waals surface area contributed by atoms with Crippen molar-refractivity contribution >= 4 is 21.6 Å². The molecule has 0 atom stereocenters. The van der Waals surface area contributed by atoms with Crippen LogP contribution in [0, 0.1) is 6.92 Å². The van der Waals surface area contributed by atoms with Gasteiger partial charge in [0.2, 0.25) is 0 Å². The van der Waals surface area contributed by atoms with Gasteiger partial charge in [-0.3, -0.25) is 9.36 Å². The zero-order valence-corrected chi connectivity index (χ0v) is 15.2. The number of nitrogens with zero attached hydrogens (tertiary/aromatic N) is 2. The molecule has 0 bridgehead atoms. The normalized spacial score (nSPS) is 11.0. The highest BCUT2D eigenvalue weighted by Crippen LogP contribution is 2.30. The highest BCUT2D eigenvalue weighted by molar-refractivity contribution is 7.17. The first-order valence-corrected chi connectivity index (χ1v) is 9.32. The Morgan fingerprint density at radius 2 is 1.85 bits per heavy atom. The molecule has 5 heteroatoms. The van der Waals surface area contributed by atoms with Gasteiger partial charge >= 0.3 is 0 Å². The van der Waals surface area contributed by atoms with Crippen LogP contribution in [-0.4, -0.2) is 16.2 Å². The monoisotopic (exact) mass is 362 g/mol. The third-order valence-corrected chi connectivity index (χ3v) is 5.15. The van der Waals surface area contributed by atoms with E-state index in [0.29, 0.717) is 18.5 Å². The van der Waals surface area contributed by atoms with Crippen molar-refractivity contribution in [3.05, 3.63) is 82.2 Å². The molecule has 0 aliphatic carbocycles. The van der Waals surface area contributed by atoms with Crippen LogP contribution in [0.4, 0.5) is 0 Å². The number of aryl methyl sites for hydroxylation is 1. The zero-order valence-electron chi connectivity index (χ0n) is 14.4. The van der Waals surface area contributed by atoms with E-state index in [1.807, 2.05) is 66.9 Å². The molecule has 0 unspecified atom stereocenters. The highest BCUT2D eigenvalue weighted by Gasteiger charge is 2.13. The number of hydrogen-bond donors (Lipinski definition) is 0. The van der Waals surface area contributed by atoms with E-state index in [4.69, 9.17) is 4.74 Å². The lowest BCUT2D eigenvalue weighted by molar-refractivity contribution is 0.296. The number of thiophene rings is 1. The molecule has 130 valence electrons. The molecule has 2 aromatic carbocycles. The summed E-state index contributed by atoms with van der Waals surface area (Å²) in [6, 6.07) is 17.8. The summed E-state index contributed by atoms with van der Waals surface area (Å²) in [4.78, 5) is 18.2. The van der Waals surface area contributed by atoms with Gasteiger partial charge in [-0.25, -0.2) is 4.98 Å². The lowest BCUT2D eigenvalue weighted by atomic mass is 10.1. The van der Waals surface area contributed by atoms with E-state index in [-0.39, 0.29) is 5.56 Å². The summed E-state index contributed by atoms with van der Waals surface area (Å²) in [6.07, 6.45) is 1.61. The summed E-state index contributed by atoms with van der Waals surface area (Å²) < 4.78 is 7.36. The number of hydrogen-bond acceptors (Lipinski definition) is 4. The average Bonchev–Trinajstić information content (AvgIpc) is 3.11. The van der Waals surface area contributed by atoms with Crippen molar-refractivity contribution < 1.29 is 4.74 Å². The second kappa shape index (κ2) is 7.14. The molecule has 0 spiro atoms. The molecule has 0 aliphatic rings. The van der Waals surface area contributed by atoms with Gasteiger partial charge in [0, 0.05) is 10.9 Å². The quantitative estimate of drug-likeness (QED) is 0.525. The van der Waals surface area contributed by atoms with Crippen LogP contribution >= 0.6 is 11.3 Å². The summed E-state index contributed by atoms with van der Waals surface area (Å²) in [5.41, 5.74) is 3.14. The van der Waals surface area contributed by atoms with E-state index in [1.165, 1.54) is 16.9 Å². The number of benzene rings is 2. The number of rotatable bonds is 5. The second-order valence-electron chi connectivity index (χ2n) is 6.10. The molecule has 0 saturated carbocycles. The maximum Gasteiger partial charge on any atom is 0.262 e. The molecule has 26 heavy (non-hydrogen) atoms. The van der Waals surface area contributed by atoms with Crippen molar-refractivity contribution in [1.82, 2.24) is 9.55 Å². The van der Waals surface area contributed by atoms with Gasteiger partial charge in [-0.15, -0.1) is 11.3 Å². The summed E-state index contributed by atoms with van der Waals surface area (Å²) in [7, 11) is 0. The third kappa shape index (κ3) is 3.26. The van der Waals surface area contributed by atoms with Gasteiger partial charge < -0.3 is 4.74 Å². The fourth-order valence-electron chi connectivity index (χ4n) is 2.85. The summed E-state index contributed by atoms with van der Waals surface area (Å²) in [6.45, 7) is 2.91. The molecule has 2 aromatic heterocycles. The largest absolute Gasteiger partial charge is 0.492 e. The summed E-state index contributed by atoms with van der Waals surface area (Å²) in [5, 5.41) is 2.68. The molecule has 4 rings (SSSR count). The van der Waals surface area contributed by atoms with Crippen molar-refractivity contribution in [3.63, 3.8) is 0 Å². The van der Waals surface area contributed by atoms with E-state index in [0.717, 1.165) is 21.7 Å². The van der Waals surface area contributed by atoms with Gasteiger partial charge in [0.1, 0.15) is 17.2 Å². The Bertz CT molecular complexity index is 1080. The third-order valence-electron chi connectivity index (χ3n) is 4.27. The SMILES string of the molecule is Cc1ccc(OCCn2cnc3scc(-c4ccccc4)c3c2=O)cc1. The van der Waals surface area contributed by atoms with Crippen LogP contribution < -0.4 is 10.3 Å². The Kier molecular flexibility index (Phi) is 4.54. The molecular formula is C21H18N2O2S. The minimum Gasteiger partial charge on any atom is -0.492 e. The molecule has 4 nitrogen and oxygen atoms in total. The first-order chi connectivity index (χ1) is 12.7. The van der Waals surface area contributed by atoms with Gasteiger partial charge in [-0.2, -0.15) is 0 Å². The smallest absolute Gasteiger partial charge is 0.262 e. The molecule has 0 N–H and O–H groups in total. The first-order valence-electron chi connectivity index (χ1n) is 8.44. The Labute approximate surface area is 155 Å². The van der Waals surface area contributed by atoms with Crippen LogP contribution in [0.1, 0.15) is 5.56 Å². The maximum absolute atomic E-state index is 12.9. The van der Waals surface area contributed by atoms with Crippen molar-refractivity contribution in [2.45, 2.75) is 13.5 Å². The van der Waals surface area contributed by atoms with Crippen molar-refractivity contribution in [1.29, 1.82) is 0 Å². The van der Waals surface area contributed by atoms with Crippen LogP contribution in [0.25, 0.3) is 21.3 Å². The van der Waals surface area contributed by atoms with Crippen molar-refractivity contribution in [3.8, 4) is 16.9 Å². The number of fused-ring (bicyclic) bond motifs is 1. The molecule has 0 saturated heterocycles. The van der Waals surface area contributed by atoms with E-state index in [1.54, 1.807) is 10.9 Å². The van der Waals surface area contributed by atoms with Gasteiger partial charge in [-0.1, -0.05) is 48.0 Å². The van der Waals surface area contributed by atoms with Crippen LogP contribution in [0.15, 0.2) is 71.1 Å². The summed E-state index contributed by atoms with van der Waals surface area (Å²) >= 11 is 1.50. The predicted octanol–water partition coefficient (Wildman–Crippen LogP) is 4.51. The van der Waals surface area contributed by atoms with Gasteiger partial charge in [-0.05, 0) is 24.6 Å². The molecule has 4 aromatic rings. The molecule has 0 fully saturated rings.